The topological polar surface area (TPSA) is 75.2 Å². The highest BCUT2D eigenvalue weighted by atomic mass is 15.2. The van der Waals surface area contributed by atoms with Crippen molar-refractivity contribution in [3.05, 3.63) is 60.2 Å². The van der Waals surface area contributed by atoms with E-state index in [1.165, 1.54) is 0 Å². The van der Waals surface area contributed by atoms with E-state index in [0.29, 0.717) is 11.4 Å². The Bertz CT molecular complexity index is 638. The zero-order valence-electron chi connectivity index (χ0n) is 12.5. The molecule has 0 aromatic carbocycles. The van der Waals surface area contributed by atoms with Crippen molar-refractivity contribution in [2.75, 3.05) is 0 Å². The third-order valence-electron chi connectivity index (χ3n) is 2.69. The quantitative estimate of drug-likeness (QED) is 0.627. The van der Waals surface area contributed by atoms with Crippen LogP contribution in [0.1, 0.15) is 25.2 Å². The van der Waals surface area contributed by atoms with Crippen molar-refractivity contribution in [3.8, 4) is 0 Å². The van der Waals surface area contributed by atoms with Crippen molar-refractivity contribution in [3.63, 3.8) is 0 Å². The summed E-state index contributed by atoms with van der Waals surface area (Å²) in [4.78, 5) is 8.25. The summed E-state index contributed by atoms with van der Waals surface area (Å²) in [5.74, 6) is 0. The second-order valence-corrected chi connectivity index (χ2v) is 4.37. The van der Waals surface area contributed by atoms with Gasteiger partial charge in [-0.1, -0.05) is 12.1 Å². The molecule has 0 N–H and O–H groups in total. The van der Waals surface area contributed by atoms with Gasteiger partial charge in [0.1, 0.15) is 0 Å². The molecule has 2 heterocycles. The van der Waals surface area contributed by atoms with Gasteiger partial charge in [-0.3, -0.25) is 9.97 Å². The van der Waals surface area contributed by atoms with Crippen LogP contribution >= 0.6 is 0 Å². The highest BCUT2D eigenvalue weighted by Gasteiger charge is 1.95. The lowest BCUT2D eigenvalue weighted by Crippen LogP contribution is -2.04. The van der Waals surface area contributed by atoms with Gasteiger partial charge in [0.25, 0.3) is 0 Å². The SMILES string of the molecule is CC(=N/N=C/c1ccccn1)/C(C)=N\N=C\c1ccccn1. The molecule has 6 nitrogen and oxygen atoms in total. The normalized spacial score (nSPS) is 13.2. The number of hydrogen-bond acceptors (Lipinski definition) is 6. The maximum atomic E-state index is 4.12. The van der Waals surface area contributed by atoms with Gasteiger partial charge in [0.15, 0.2) is 0 Å². The number of hydrogen-bond donors (Lipinski definition) is 0. The van der Waals surface area contributed by atoms with Gasteiger partial charge in [0, 0.05) is 12.4 Å². The van der Waals surface area contributed by atoms with Crippen LogP contribution in [0.5, 0.6) is 0 Å². The molecule has 22 heavy (non-hydrogen) atoms. The Morgan fingerprint density at radius 2 is 1.23 bits per heavy atom. The third kappa shape index (κ3) is 5.16. The van der Waals surface area contributed by atoms with Crippen molar-refractivity contribution in [1.82, 2.24) is 9.97 Å². The van der Waals surface area contributed by atoms with E-state index < -0.39 is 0 Å². The van der Waals surface area contributed by atoms with Crippen LogP contribution in [0.15, 0.2) is 69.2 Å². The Kier molecular flexibility index (Phi) is 5.80. The van der Waals surface area contributed by atoms with Gasteiger partial charge in [-0.25, -0.2) is 0 Å². The van der Waals surface area contributed by atoms with Gasteiger partial charge in [-0.05, 0) is 38.1 Å². The molecule has 110 valence electrons. The van der Waals surface area contributed by atoms with E-state index in [1.807, 2.05) is 50.2 Å². The van der Waals surface area contributed by atoms with Gasteiger partial charge in [0.05, 0.1) is 35.2 Å². The highest BCUT2D eigenvalue weighted by molar-refractivity contribution is 6.40. The molecule has 2 aromatic heterocycles. The fourth-order valence-electron chi connectivity index (χ4n) is 1.40. The van der Waals surface area contributed by atoms with Crippen LogP contribution in [0.2, 0.25) is 0 Å². The van der Waals surface area contributed by atoms with Gasteiger partial charge < -0.3 is 0 Å². The minimum atomic E-state index is 0.686. The molecular weight excluding hydrogens is 276 g/mol. The van der Waals surface area contributed by atoms with Crippen molar-refractivity contribution in [1.29, 1.82) is 0 Å². The summed E-state index contributed by atoms with van der Waals surface area (Å²) in [6, 6.07) is 11.2. The minimum Gasteiger partial charge on any atom is -0.255 e. The molecule has 6 heteroatoms. The van der Waals surface area contributed by atoms with Gasteiger partial charge in [-0.15, -0.1) is 0 Å². The van der Waals surface area contributed by atoms with Gasteiger partial charge in [0.2, 0.25) is 0 Å². The summed E-state index contributed by atoms with van der Waals surface area (Å²) < 4.78 is 0. The van der Waals surface area contributed by atoms with E-state index >= 15 is 0 Å². The summed E-state index contributed by atoms with van der Waals surface area (Å²) >= 11 is 0. The molecule has 2 aromatic rings. The first kappa shape index (κ1) is 15.4. The predicted octanol–water partition coefficient (Wildman–Crippen LogP) is 2.77. The Morgan fingerprint density at radius 1 is 0.773 bits per heavy atom. The van der Waals surface area contributed by atoms with Crippen LogP contribution in [0.25, 0.3) is 0 Å². The van der Waals surface area contributed by atoms with E-state index in [1.54, 1.807) is 24.8 Å². The molecule has 0 atom stereocenters. The number of aromatic nitrogens is 2. The zero-order chi connectivity index (χ0) is 15.6. The fourth-order valence-corrected chi connectivity index (χ4v) is 1.40. The summed E-state index contributed by atoms with van der Waals surface area (Å²) in [5.41, 5.74) is 2.87. The predicted molar refractivity (Wildman–Crippen MR) is 89.9 cm³/mol. The van der Waals surface area contributed by atoms with Crippen molar-refractivity contribution < 1.29 is 0 Å². The molecule has 0 fully saturated rings. The van der Waals surface area contributed by atoms with E-state index in [9.17, 15) is 0 Å². The maximum Gasteiger partial charge on any atom is 0.0831 e. The Labute approximate surface area is 129 Å². The van der Waals surface area contributed by atoms with Gasteiger partial charge >= 0.3 is 0 Å². The average molecular weight is 292 g/mol. The number of pyridine rings is 2. The first-order valence-electron chi connectivity index (χ1n) is 6.73. The van der Waals surface area contributed by atoms with E-state index in [4.69, 9.17) is 0 Å². The molecule has 0 aliphatic rings. The second-order valence-electron chi connectivity index (χ2n) is 4.37. The van der Waals surface area contributed by atoms with E-state index in [-0.39, 0.29) is 0 Å². The molecule has 0 aliphatic carbocycles. The largest absolute Gasteiger partial charge is 0.255 e. The first-order valence-corrected chi connectivity index (χ1v) is 6.73. The monoisotopic (exact) mass is 292 g/mol. The number of rotatable bonds is 5. The molecule has 0 radical (unpaired) electrons. The van der Waals surface area contributed by atoms with Crippen LogP contribution in [-0.2, 0) is 0 Å². The Morgan fingerprint density at radius 3 is 1.59 bits per heavy atom. The smallest absolute Gasteiger partial charge is 0.0831 e. The fraction of sp³-hybridized carbons (Fsp3) is 0.125. The van der Waals surface area contributed by atoms with Gasteiger partial charge in [-0.2, -0.15) is 20.4 Å². The Balaban J connectivity index is 1.97. The summed E-state index contributed by atoms with van der Waals surface area (Å²) in [7, 11) is 0. The zero-order valence-corrected chi connectivity index (χ0v) is 12.5. The molecule has 0 saturated heterocycles. The third-order valence-corrected chi connectivity index (χ3v) is 2.69. The minimum absolute atomic E-state index is 0.686. The molecule has 2 rings (SSSR count). The van der Waals surface area contributed by atoms with Crippen molar-refractivity contribution in [2.24, 2.45) is 20.4 Å². The molecule has 0 aliphatic heterocycles. The molecule has 0 saturated carbocycles. The lowest BCUT2D eigenvalue weighted by Gasteiger charge is -1.94. The second kappa shape index (κ2) is 8.31. The molecule has 0 amide bonds. The number of nitrogens with zero attached hydrogens (tertiary/aromatic N) is 6. The van der Waals surface area contributed by atoms with Crippen LogP contribution in [0.4, 0.5) is 0 Å². The van der Waals surface area contributed by atoms with Crippen LogP contribution in [-0.4, -0.2) is 33.8 Å². The highest BCUT2D eigenvalue weighted by Crippen LogP contribution is 1.92. The summed E-state index contributed by atoms with van der Waals surface area (Å²) in [6.45, 7) is 3.65. The van der Waals surface area contributed by atoms with Crippen molar-refractivity contribution in [2.45, 2.75) is 13.8 Å². The lowest BCUT2D eigenvalue weighted by atomic mass is 10.3. The standard InChI is InChI=1S/C16H16N6/c1-13(21-19-11-15-7-3-5-9-17-15)14(2)22-20-12-16-8-4-6-10-18-16/h3-12H,1-2H3/b19-11+,20-12+,21-13-,22-14-. The van der Waals surface area contributed by atoms with E-state index in [0.717, 1.165) is 11.4 Å². The van der Waals surface area contributed by atoms with Crippen LogP contribution in [0.3, 0.4) is 0 Å². The van der Waals surface area contributed by atoms with Crippen LogP contribution in [0, 0.1) is 0 Å². The average Bonchev–Trinajstić information content (AvgIpc) is 2.56. The molecule has 0 bridgehead atoms. The molecular formula is C16H16N6. The summed E-state index contributed by atoms with van der Waals surface area (Å²) in [5, 5.41) is 16.1. The van der Waals surface area contributed by atoms with E-state index in [2.05, 4.69) is 30.4 Å². The lowest BCUT2D eigenvalue weighted by molar-refractivity contribution is 1.21. The van der Waals surface area contributed by atoms with Crippen LogP contribution < -0.4 is 0 Å². The molecule has 0 spiro atoms. The maximum absolute atomic E-state index is 4.12. The first-order chi connectivity index (χ1) is 10.8. The Hall–Kier alpha value is -3.02. The summed E-state index contributed by atoms with van der Waals surface area (Å²) in [6.07, 6.45) is 6.59. The van der Waals surface area contributed by atoms with Crippen molar-refractivity contribution >= 4 is 23.9 Å². The molecule has 0 unspecified atom stereocenters.